The predicted molar refractivity (Wildman–Crippen MR) is 132 cm³/mol. The van der Waals surface area contributed by atoms with Crippen molar-refractivity contribution in [3.8, 4) is 11.5 Å². The zero-order chi connectivity index (χ0) is 24.7. The summed E-state index contributed by atoms with van der Waals surface area (Å²) in [6.45, 7) is 2.34. The number of methoxy groups -OCH3 is 1. The first-order chi connectivity index (χ1) is 16.8. The molecule has 1 aromatic heterocycles. The number of nitrogens with two attached hydrogens (primary N) is 1. The third-order valence-electron chi connectivity index (χ3n) is 6.07. The fourth-order valence-electron chi connectivity index (χ4n) is 4.37. The van der Waals surface area contributed by atoms with Crippen LogP contribution in [0.3, 0.4) is 0 Å². The van der Waals surface area contributed by atoms with Crippen molar-refractivity contribution in [1.29, 1.82) is 0 Å². The number of carbonyl (C=O) groups is 1. The van der Waals surface area contributed by atoms with Gasteiger partial charge in [-0.15, -0.1) is 0 Å². The molecule has 1 aliphatic heterocycles. The molecule has 3 aromatic carbocycles. The quantitative estimate of drug-likeness (QED) is 0.417. The number of benzene rings is 3. The Morgan fingerprint density at radius 1 is 1.14 bits per heavy atom. The van der Waals surface area contributed by atoms with Crippen molar-refractivity contribution < 1.29 is 22.7 Å². The fourth-order valence-corrected chi connectivity index (χ4v) is 5.90. The molecule has 1 aliphatic rings. The number of anilines is 2. The van der Waals surface area contributed by atoms with E-state index in [1.165, 1.54) is 25.4 Å². The van der Waals surface area contributed by atoms with E-state index in [4.69, 9.17) is 15.2 Å². The molecule has 1 amide bonds. The van der Waals surface area contributed by atoms with Crippen molar-refractivity contribution in [2.75, 3.05) is 19.0 Å². The number of fused-ring (bicyclic) bond motifs is 2. The second-order valence-electron chi connectivity index (χ2n) is 8.21. The number of hydrogen-bond donors (Lipinski definition) is 2. The minimum Gasteiger partial charge on any atom is -0.495 e. The van der Waals surface area contributed by atoms with Crippen LogP contribution < -0.4 is 20.5 Å². The van der Waals surface area contributed by atoms with Crippen molar-refractivity contribution in [2.45, 2.75) is 23.1 Å². The van der Waals surface area contributed by atoms with Crippen LogP contribution in [0.25, 0.3) is 10.9 Å². The van der Waals surface area contributed by atoms with Gasteiger partial charge in [0.25, 0.3) is 5.91 Å². The van der Waals surface area contributed by atoms with E-state index in [1.54, 1.807) is 31.2 Å². The number of rotatable bonds is 6. The van der Waals surface area contributed by atoms with Crippen LogP contribution in [-0.4, -0.2) is 33.0 Å². The molecule has 5 rings (SSSR count). The predicted octanol–water partition coefficient (Wildman–Crippen LogP) is 4.16. The molecule has 0 saturated heterocycles. The van der Waals surface area contributed by atoms with Crippen LogP contribution >= 0.6 is 0 Å². The highest BCUT2D eigenvalue weighted by Crippen LogP contribution is 2.38. The van der Waals surface area contributed by atoms with Crippen molar-refractivity contribution in [2.24, 2.45) is 5.73 Å². The number of aromatic nitrogens is 1. The summed E-state index contributed by atoms with van der Waals surface area (Å²) in [5.41, 5.74) is 9.15. The Hall–Kier alpha value is -4.11. The molecule has 0 radical (unpaired) electrons. The summed E-state index contributed by atoms with van der Waals surface area (Å²) in [5.74, 6) is 0.332. The maximum Gasteiger partial charge on any atom is 0.252 e. The maximum absolute atomic E-state index is 13.6. The average molecular weight is 490 g/mol. The molecular formula is C26H23N3O5S. The van der Waals surface area contributed by atoms with Gasteiger partial charge in [-0.2, -0.15) is 0 Å². The number of aryl methyl sites for hydroxylation is 1. The van der Waals surface area contributed by atoms with Gasteiger partial charge in [-0.3, -0.25) is 9.78 Å². The van der Waals surface area contributed by atoms with Gasteiger partial charge < -0.3 is 20.5 Å². The summed E-state index contributed by atoms with van der Waals surface area (Å²) < 4.78 is 38.2. The first-order valence-electron chi connectivity index (χ1n) is 10.9. The van der Waals surface area contributed by atoms with E-state index in [1.807, 2.05) is 18.2 Å². The highest BCUT2D eigenvalue weighted by Gasteiger charge is 2.25. The van der Waals surface area contributed by atoms with E-state index in [0.717, 1.165) is 17.0 Å². The van der Waals surface area contributed by atoms with Gasteiger partial charge in [-0.05, 0) is 48.9 Å². The summed E-state index contributed by atoms with van der Waals surface area (Å²) in [4.78, 5) is 16.9. The van der Waals surface area contributed by atoms with E-state index in [-0.39, 0.29) is 21.1 Å². The van der Waals surface area contributed by atoms with Gasteiger partial charge in [-0.1, -0.05) is 18.2 Å². The first kappa shape index (κ1) is 22.7. The van der Waals surface area contributed by atoms with Crippen LogP contribution in [-0.2, 0) is 16.3 Å². The molecule has 0 atom stereocenters. The number of amides is 1. The molecule has 0 fully saturated rings. The van der Waals surface area contributed by atoms with Crippen molar-refractivity contribution in [1.82, 2.24) is 4.98 Å². The molecule has 0 bridgehead atoms. The lowest BCUT2D eigenvalue weighted by atomic mass is 10.0. The van der Waals surface area contributed by atoms with Crippen molar-refractivity contribution >= 4 is 38.0 Å². The molecule has 178 valence electrons. The molecule has 35 heavy (non-hydrogen) atoms. The molecule has 4 aromatic rings. The Morgan fingerprint density at radius 3 is 2.71 bits per heavy atom. The molecule has 8 nitrogen and oxygen atoms in total. The summed E-state index contributed by atoms with van der Waals surface area (Å²) in [7, 11) is -2.52. The monoisotopic (exact) mass is 489 g/mol. The topological polar surface area (TPSA) is 121 Å². The standard InChI is InChI=1S/C26H23N3O5S/c1-15-12-16(35(31,32)23-9-4-3-7-22(23)33-2)13-18-24(15)28-14-19(26(27)30)25(18)29-20-6-5-8-21-17(20)10-11-34-21/h3-9,12-14H,10-11H2,1-2H3,(H2,27,30)(H,28,29). The number of sulfone groups is 1. The van der Waals surface area contributed by atoms with Crippen LogP contribution in [0.15, 0.2) is 70.6 Å². The Morgan fingerprint density at radius 2 is 1.94 bits per heavy atom. The minimum absolute atomic E-state index is 0.0489. The number of nitrogens with one attached hydrogen (secondary N) is 1. The van der Waals surface area contributed by atoms with E-state index < -0.39 is 15.7 Å². The second-order valence-corrected chi connectivity index (χ2v) is 10.1. The van der Waals surface area contributed by atoms with Crippen LogP contribution in [0, 0.1) is 6.92 Å². The van der Waals surface area contributed by atoms with Gasteiger partial charge in [0.05, 0.1) is 35.4 Å². The maximum atomic E-state index is 13.6. The molecule has 0 unspecified atom stereocenters. The smallest absolute Gasteiger partial charge is 0.252 e. The van der Waals surface area contributed by atoms with Gasteiger partial charge >= 0.3 is 0 Å². The molecule has 0 saturated carbocycles. The van der Waals surface area contributed by atoms with Gasteiger partial charge in [0.15, 0.2) is 0 Å². The van der Waals surface area contributed by atoms with E-state index in [0.29, 0.717) is 35.2 Å². The molecule has 3 N–H and O–H groups in total. The van der Waals surface area contributed by atoms with Crippen molar-refractivity contribution in [3.05, 3.63) is 77.5 Å². The van der Waals surface area contributed by atoms with Gasteiger partial charge in [0, 0.05) is 29.3 Å². The van der Waals surface area contributed by atoms with Gasteiger partial charge in [0.2, 0.25) is 9.84 Å². The highest BCUT2D eigenvalue weighted by molar-refractivity contribution is 7.91. The number of para-hydroxylation sites is 1. The first-order valence-corrected chi connectivity index (χ1v) is 12.4. The third kappa shape index (κ3) is 3.83. The molecule has 2 heterocycles. The van der Waals surface area contributed by atoms with E-state index >= 15 is 0 Å². The van der Waals surface area contributed by atoms with Crippen LogP contribution in [0.4, 0.5) is 11.4 Å². The zero-order valence-electron chi connectivity index (χ0n) is 19.2. The molecule has 9 heteroatoms. The van der Waals surface area contributed by atoms with Gasteiger partial charge in [-0.25, -0.2) is 8.42 Å². The number of primary amides is 1. The summed E-state index contributed by atoms with van der Waals surface area (Å²) in [6.07, 6.45) is 2.12. The zero-order valence-corrected chi connectivity index (χ0v) is 20.0. The lowest BCUT2D eigenvalue weighted by Gasteiger charge is -2.17. The Balaban J connectivity index is 1.75. The number of nitrogens with zero attached hydrogens (tertiary/aromatic N) is 1. The van der Waals surface area contributed by atoms with Crippen LogP contribution in [0.2, 0.25) is 0 Å². The number of ether oxygens (including phenoxy) is 2. The largest absolute Gasteiger partial charge is 0.495 e. The lowest BCUT2D eigenvalue weighted by Crippen LogP contribution is -2.15. The van der Waals surface area contributed by atoms with Crippen molar-refractivity contribution in [3.63, 3.8) is 0 Å². The Labute approximate surface area is 202 Å². The average Bonchev–Trinajstić information content (AvgIpc) is 3.34. The number of pyridine rings is 1. The second kappa shape index (κ2) is 8.59. The van der Waals surface area contributed by atoms with Crippen LogP contribution in [0.1, 0.15) is 21.5 Å². The Bertz CT molecular complexity index is 1600. The summed E-state index contributed by atoms with van der Waals surface area (Å²) in [6, 6.07) is 15.1. The van der Waals surface area contributed by atoms with Gasteiger partial charge in [0.1, 0.15) is 16.4 Å². The van der Waals surface area contributed by atoms with Crippen LogP contribution in [0.5, 0.6) is 11.5 Å². The molecule has 0 aliphatic carbocycles. The summed E-state index contributed by atoms with van der Waals surface area (Å²) in [5, 5.41) is 3.79. The minimum atomic E-state index is -3.94. The fraction of sp³-hybridized carbons (Fsp3) is 0.154. The summed E-state index contributed by atoms with van der Waals surface area (Å²) >= 11 is 0. The van der Waals surface area contributed by atoms with E-state index in [9.17, 15) is 13.2 Å². The normalized spacial score (nSPS) is 12.7. The number of carbonyl (C=O) groups excluding carboxylic acids is 1. The molecular weight excluding hydrogens is 466 g/mol. The number of hydrogen-bond acceptors (Lipinski definition) is 7. The Kier molecular flexibility index (Phi) is 5.56. The lowest BCUT2D eigenvalue weighted by molar-refractivity contribution is 0.100. The SMILES string of the molecule is COc1ccccc1S(=O)(=O)c1cc(C)c2ncc(C(N)=O)c(Nc3cccc4c3CCO4)c2c1. The highest BCUT2D eigenvalue weighted by atomic mass is 32.2. The molecule has 0 spiro atoms. The third-order valence-corrected chi connectivity index (χ3v) is 7.84. The van der Waals surface area contributed by atoms with E-state index in [2.05, 4.69) is 10.3 Å².